The van der Waals surface area contributed by atoms with Gasteiger partial charge in [0.15, 0.2) is 5.82 Å². The monoisotopic (exact) mass is 301 g/mol. The number of hydrogen-bond acceptors (Lipinski definition) is 3. The molecule has 2 heterocycles. The molecule has 0 spiro atoms. The average Bonchev–Trinajstić information content (AvgIpc) is 3.14. The van der Waals surface area contributed by atoms with Gasteiger partial charge in [-0.2, -0.15) is 10.4 Å². The maximum absolute atomic E-state index is 9.12. The number of benzene rings is 2. The molecule has 0 saturated heterocycles. The molecule has 0 saturated carbocycles. The van der Waals surface area contributed by atoms with Crippen molar-refractivity contribution < 1.29 is 0 Å². The van der Waals surface area contributed by atoms with E-state index in [0.29, 0.717) is 5.56 Å². The predicted molar refractivity (Wildman–Crippen MR) is 89.9 cm³/mol. The van der Waals surface area contributed by atoms with Crippen LogP contribution in [0.15, 0.2) is 36.4 Å². The van der Waals surface area contributed by atoms with Crippen molar-refractivity contribution in [3.8, 4) is 17.6 Å². The first-order valence-corrected chi connectivity index (χ1v) is 7.55. The molecule has 0 aliphatic carbocycles. The molecule has 5 heteroatoms. The SMILES string of the molecule is CCc1ccc2c(c1)nc(-c1n[nH]c3ccc(C#N)cc13)n2C. The Morgan fingerprint density at radius 1 is 1.22 bits per heavy atom. The van der Waals surface area contributed by atoms with Gasteiger partial charge < -0.3 is 4.57 Å². The highest BCUT2D eigenvalue weighted by molar-refractivity contribution is 5.94. The first-order valence-electron chi connectivity index (χ1n) is 7.55. The molecule has 5 nitrogen and oxygen atoms in total. The summed E-state index contributed by atoms with van der Waals surface area (Å²) < 4.78 is 2.05. The molecule has 23 heavy (non-hydrogen) atoms. The zero-order valence-electron chi connectivity index (χ0n) is 13.0. The van der Waals surface area contributed by atoms with Crippen molar-refractivity contribution in [1.82, 2.24) is 19.7 Å². The lowest BCUT2D eigenvalue weighted by Gasteiger charge is -2.00. The molecular formula is C18H15N5. The highest BCUT2D eigenvalue weighted by atomic mass is 15.2. The summed E-state index contributed by atoms with van der Waals surface area (Å²) in [6.07, 6.45) is 0.985. The fourth-order valence-corrected chi connectivity index (χ4v) is 2.93. The summed E-state index contributed by atoms with van der Waals surface area (Å²) in [7, 11) is 1.99. The number of aryl methyl sites for hydroxylation is 2. The maximum Gasteiger partial charge on any atom is 0.162 e. The lowest BCUT2D eigenvalue weighted by Crippen LogP contribution is -1.93. The smallest absolute Gasteiger partial charge is 0.162 e. The largest absolute Gasteiger partial charge is 0.326 e. The van der Waals surface area contributed by atoms with Crippen LogP contribution in [0.1, 0.15) is 18.1 Å². The van der Waals surface area contributed by atoms with E-state index in [0.717, 1.165) is 39.9 Å². The van der Waals surface area contributed by atoms with Crippen LogP contribution >= 0.6 is 0 Å². The molecule has 1 N–H and O–H groups in total. The topological polar surface area (TPSA) is 70.3 Å². The molecule has 0 aliphatic rings. The minimum absolute atomic E-state index is 0.618. The van der Waals surface area contributed by atoms with Gasteiger partial charge in [0, 0.05) is 12.4 Å². The second-order valence-electron chi connectivity index (χ2n) is 5.62. The van der Waals surface area contributed by atoms with Gasteiger partial charge in [-0.1, -0.05) is 13.0 Å². The number of hydrogen-bond donors (Lipinski definition) is 1. The Morgan fingerprint density at radius 2 is 2.09 bits per heavy atom. The standard InChI is InChI=1S/C18H15N5/c1-3-11-5-7-16-15(9-11)20-18(23(16)2)17-13-8-12(10-19)4-6-14(13)21-22-17/h4-9H,3H2,1-2H3,(H,21,22). The van der Waals surface area contributed by atoms with Crippen LogP contribution in [0, 0.1) is 11.3 Å². The minimum Gasteiger partial charge on any atom is -0.326 e. The summed E-state index contributed by atoms with van der Waals surface area (Å²) in [5.74, 6) is 0.801. The van der Waals surface area contributed by atoms with Gasteiger partial charge in [0.1, 0.15) is 5.69 Å². The molecule has 0 radical (unpaired) electrons. The first kappa shape index (κ1) is 13.5. The summed E-state index contributed by atoms with van der Waals surface area (Å²) in [5.41, 5.74) is 5.60. The lowest BCUT2D eigenvalue weighted by atomic mass is 10.1. The van der Waals surface area contributed by atoms with Gasteiger partial charge >= 0.3 is 0 Å². The van der Waals surface area contributed by atoms with Crippen LogP contribution in [0.2, 0.25) is 0 Å². The predicted octanol–water partition coefficient (Wildman–Crippen LogP) is 3.55. The minimum atomic E-state index is 0.618. The Hall–Kier alpha value is -3.13. The van der Waals surface area contributed by atoms with Gasteiger partial charge in [-0.15, -0.1) is 0 Å². The highest BCUT2D eigenvalue weighted by Gasteiger charge is 2.16. The van der Waals surface area contributed by atoms with Gasteiger partial charge in [0.05, 0.1) is 28.2 Å². The summed E-state index contributed by atoms with van der Waals surface area (Å²) in [6, 6.07) is 14.0. The van der Waals surface area contributed by atoms with E-state index in [4.69, 9.17) is 10.2 Å². The zero-order chi connectivity index (χ0) is 16.0. The second-order valence-corrected chi connectivity index (χ2v) is 5.62. The van der Waals surface area contributed by atoms with Crippen molar-refractivity contribution in [3.05, 3.63) is 47.5 Å². The molecule has 4 rings (SSSR count). The van der Waals surface area contributed by atoms with E-state index in [1.54, 1.807) is 6.07 Å². The molecule has 0 unspecified atom stereocenters. The number of aromatic nitrogens is 4. The maximum atomic E-state index is 9.12. The van der Waals surface area contributed by atoms with E-state index < -0.39 is 0 Å². The molecule has 112 valence electrons. The number of nitriles is 1. The van der Waals surface area contributed by atoms with Crippen LogP contribution in [0.4, 0.5) is 0 Å². The van der Waals surface area contributed by atoms with Crippen LogP contribution in [0.3, 0.4) is 0 Å². The summed E-state index contributed by atoms with van der Waals surface area (Å²) in [5, 5.41) is 17.5. The molecule has 0 bridgehead atoms. The van der Waals surface area contributed by atoms with Crippen LogP contribution in [-0.4, -0.2) is 19.7 Å². The Bertz CT molecular complexity index is 1080. The van der Waals surface area contributed by atoms with E-state index in [1.807, 2.05) is 23.7 Å². The third-order valence-electron chi connectivity index (χ3n) is 4.26. The molecule has 0 atom stereocenters. The molecule has 0 aliphatic heterocycles. The van der Waals surface area contributed by atoms with Crippen molar-refractivity contribution in [1.29, 1.82) is 5.26 Å². The van der Waals surface area contributed by atoms with Gasteiger partial charge in [-0.25, -0.2) is 4.98 Å². The number of fused-ring (bicyclic) bond motifs is 2. The Kier molecular flexibility index (Phi) is 2.91. The molecule has 2 aromatic heterocycles. The van der Waals surface area contributed by atoms with E-state index in [2.05, 4.69) is 41.4 Å². The fourth-order valence-electron chi connectivity index (χ4n) is 2.93. The molecule has 0 amide bonds. The van der Waals surface area contributed by atoms with E-state index in [1.165, 1.54) is 5.56 Å². The van der Waals surface area contributed by atoms with Crippen LogP contribution in [0.5, 0.6) is 0 Å². The van der Waals surface area contributed by atoms with Crippen LogP contribution in [-0.2, 0) is 13.5 Å². The van der Waals surface area contributed by atoms with E-state index in [-0.39, 0.29) is 0 Å². The zero-order valence-corrected chi connectivity index (χ0v) is 13.0. The van der Waals surface area contributed by atoms with Crippen LogP contribution in [0.25, 0.3) is 33.5 Å². The van der Waals surface area contributed by atoms with E-state index >= 15 is 0 Å². The number of imidazole rings is 1. The van der Waals surface area contributed by atoms with Crippen molar-refractivity contribution >= 4 is 21.9 Å². The third kappa shape index (κ3) is 2.00. The van der Waals surface area contributed by atoms with Gasteiger partial charge in [-0.3, -0.25) is 5.10 Å². The average molecular weight is 301 g/mol. The normalized spacial score (nSPS) is 11.2. The summed E-state index contributed by atoms with van der Waals surface area (Å²) in [4.78, 5) is 4.77. The second kappa shape index (κ2) is 4.96. The number of rotatable bonds is 2. The number of H-pyrrole nitrogens is 1. The Balaban J connectivity index is 1.99. The quantitative estimate of drug-likeness (QED) is 0.615. The van der Waals surface area contributed by atoms with Gasteiger partial charge in [-0.05, 0) is 42.3 Å². The first-order chi connectivity index (χ1) is 11.2. The van der Waals surface area contributed by atoms with Crippen molar-refractivity contribution in [2.45, 2.75) is 13.3 Å². The van der Waals surface area contributed by atoms with Crippen molar-refractivity contribution in [2.75, 3.05) is 0 Å². The van der Waals surface area contributed by atoms with Crippen LogP contribution < -0.4 is 0 Å². The number of nitrogens with one attached hydrogen (secondary N) is 1. The van der Waals surface area contributed by atoms with Gasteiger partial charge in [0.2, 0.25) is 0 Å². The van der Waals surface area contributed by atoms with E-state index in [9.17, 15) is 0 Å². The summed E-state index contributed by atoms with van der Waals surface area (Å²) >= 11 is 0. The molecule has 0 fully saturated rings. The Morgan fingerprint density at radius 3 is 2.87 bits per heavy atom. The Labute approximate surface area is 133 Å². The molecule has 4 aromatic rings. The van der Waals surface area contributed by atoms with Gasteiger partial charge in [0.25, 0.3) is 0 Å². The molecular weight excluding hydrogens is 286 g/mol. The third-order valence-corrected chi connectivity index (χ3v) is 4.26. The van der Waals surface area contributed by atoms with Crippen molar-refractivity contribution in [3.63, 3.8) is 0 Å². The summed E-state index contributed by atoms with van der Waals surface area (Å²) in [6.45, 7) is 2.13. The molecule has 2 aromatic carbocycles. The van der Waals surface area contributed by atoms with Crippen molar-refractivity contribution in [2.24, 2.45) is 7.05 Å². The number of aromatic amines is 1. The number of nitrogens with zero attached hydrogens (tertiary/aromatic N) is 4. The lowest BCUT2D eigenvalue weighted by molar-refractivity contribution is 0.946. The highest BCUT2D eigenvalue weighted by Crippen LogP contribution is 2.29. The fraction of sp³-hybridized carbons (Fsp3) is 0.167.